The molecule has 2 N–H and O–H groups in total. The largest absolute Gasteiger partial charge is 0.412 e. The fourth-order valence-electron chi connectivity index (χ4n) is 1.33. The van der Waals surface area contributed by atoms with Gasteiger partial charge in [-0.2, -0.15) is 13.2 Å². The number of nitrogens with two attached hydrogens (primary N) is 1. The van der Waals surface area contributed by atoms with Crippen molar-refractivity contribution >= 4 is 5.91 Å². The summed E-state index contributed by atoms with van der Waals surface area (Å²) in [4.78, 5) is 12.1. The highest BCUT2D eigenvalue weighted by Crippen LogP contribution is 2.29. The molecule has 0 aliphatic carbocycles. The van der Waals surface area contributed by atoms with Crippen LogP contribution >= 0.6 is 0 Å². The van der Waals surface area contributed by atoms with Crippen molar-refractivity contribution < 1.29 is 18.0 Å². The second-order valence-corrected chi connectivity index (χ2v) is 3.18. The van der Waals surface area contributed by atoms with E-state index in [2.05, 4.69) is 0 Å². The van der Waals surface area contributed by atoms with E-state index in [9.17, 15) is 18.0 Å². The number of hydrogen-bond donors (Lipinski definition) is 1. The van der Waals surface area contributed by atoms with E-state index >= 15 is 0 Å². The first-order chi connectivity index (χ1) is 6.39. The molecule has 1 aliphatic rings. The molecule has 1 amide bonds. The van der Waals surface area contributed by atoms with Crippen molar-refractivity contribution in [3.05, 3.63) is 11.6 Å². The van der Waals surface area contributed by atoms with Crippen LogP contribution in [-0.2, 0) is 4.79 Å². The van der Waals surface area contributed by atoms with Crippen LogP contribution in [0.4, 0.5) is 13.2 Å². The molecule has 0 fully saturated rings. The van der Waals surface area contributed by atoms with Gasteiger partial charge in [-0.15, -0.1) is 0 Å². The molecule has 0 atom stereocenters. The summed E-state index contributed by atoms with van der Waals surface area (Å²) in [6, 6.07) is 0. The fraction of sp³-hybridized carbons (Fsp3) is 0.625. The molecule has 0 saturated heterocycles. The van der Waals surface area contributed by atoms with E-state index in [4.69, 9.17) is 5.73 Å². The Balaban J connectivity index is 2.51. The second kappa shape index (κ2) is 4.00. The van der Waals surface area contributed by atoms with Crippen LogP contribution in [0.1, 0.15) is 6.42 Å². The Morgan fingerprint density at radius 2 is 2.21 bits per heavy atom. The summed E-state index contributed by atoms with van der Waals surface area (Å²) >= 11 is 0. The van der Waals surface area contributed by atoms with Crippen molar-refractivity contribution in [2.75, 3.05) is 19.6 Å². The third-order valence-corrected chi connectivity index (χ3v) is 2.04. The molecule has 0 unspecified atom stereocenters. The highest BCUT2D eigenvalue weighted by atomic mass is 19.4. The molecule has 0 radical (unpaired) electrons. The van der Waals surface area contributed by atoms with Crippen LogP contribution in [0.25, 0.3) is 0 Å². The molecule has 0 aromatic rings. The summed E-state index contributed by atoms with van der Waals surface area (Å²) in [5.41, 5.74) is 4.40. The molecule has 0 aromatic carbocycles. The maximum Gasteiger partial charge on any atom is 0.412 e. The van der Waals surface area contributed by atoms with Crippen molar-refractivity contribution in [3.8, 4) is 0 Å². The average Bonchev–Trinajstić information content (AvgIpc) is 2.02. The monoisotopic (exact) mass is 208 g/mol. The number of rotatable bonds is 2. The van der Waals surface area contributed by atoms with Crippen molar-refractivity contribution in [2.45, 2.75) is 12.6 Å². The predicted octanol–water partition coefficient (Wildman–Crippen LogP) is 0.666. The average molecular weight is 208 g/mol. The molecule has 0 spiro atoms. The molecule has 1 aliphatic heterocycles. The molecule has 3 nitrogen and oxygen atoms in total. The highest BCUT2D eigenvalue weighted by Gasteiger charge is 2.34. The van der Waals surface area contributed by atoms with Gasteiger partial charge in [0.2, 0.25) is 5.91 Å². The summed E-state index contributed by atoms with van der Waals surface area (Å²) in [7, 11) is 0. The predicted molar refractivity (Wildman–Crippen MR) is 44.4 cm³/mol. The lowest BCUT2D eigenvalue weighted by Gasteiger charge is -2.25. The van der Waals surface area contributed by atoms with Gasteiger partial charge in [-0.3, -0.25) is 9.69 Å². The van der Waals surface area contributed by atoms with E-state index in [0.29, 0.717) is 0 Å². The number of halogens is 3. The quantitative estimate of drug-likeness (QED) is 0.678. The Hall–Kier alpha value is -1.04. The van der Waals surface area contributed by atoms with Crippen LogP contribution in [0.2, 0.25) is 0 Å². The third kappa shape index (κ3) is 3.02. The van der Waals surface area contributed by atoms with Crippen LogP contribution in [0.15, 0.2) is 11.6 Å². The smallest absolute Gasteiger partial charge is 0.369 e. The van der Waals surface area contributed by atoms with Crippen molar-refractivity contribution in [3.63, 3.8) is 0 Å². The van der Waals surface area contributed by atoms with E-state index < -0.39 is 17.7 Å². The molecular weight excluding hydrogens is 197 g/mol. The number of carbonyl (C=O) groups is 1. The van der Waals surface area contributed by atoms with E-state index in [1.165, 1.54) is 0 Å². The zero-order valence-corrected chi connectivity index (χ0v) is 7.47. The van der Waals surface area contributed by atoms with Gasteiger partial charge in [-0.25, -0.2) is 0 Å². The lowest BCUT2D eigenvalue weighted by Crippen LogP contribution is -2.38. The van der Waals surface area contributed by atoms with Gasteiger partial charge < -0.3 is 5.73 Å². The second-order valence-electron chi connectivity index (χ2n) is 3.18. The van der Waals surface area contributed by atoms with Crippen molar-refractivity contribution in [1.29, 1.82) is 0 Å². The maximum atomic E-state index is 12.2. The number of alkyl halides is 3. The zero-order valence-electron chi connectivity index (χ0n) is 7.47. The van der Waals surface area contributed by atoms with E-state index in [1.54, 1.807) is 4.90 Å². The molecule has 6 heteroatoms. The first-order valence-electron chi connectivity index (χ1n) is 4.16. The normalized spacial score (nSPS) is 19.2. The lowest BCUT2D eigenvalue weighted by molar-refractivity contribution is -0.119. The Bertz CT molecular complexity index is 260. The minimum atomic E-state index is -4.24. The summed E-state index contributed by atoms with van der Waals surface area (Å²) < 4.78 is 36.5. The molecule has 0 bridgehead atoms. The molecule has 80 valence electrons. The minimum Gasteiger partial charge on any atom is -0.369 e. The van der Waals surface area contributed by atoms with Gasteiger partial charge in [0.25, 0.3) is 0 Å². The zero-order chi connectivity index (χ0) is 10.8. The number of primary amides is 1. The third-order valence-electron chi connectivity index (χ3n) is 2.04. The van der Waals surface area contributed by atoms with Crippen LogP contribution in [0, 0.1) is 0 Å². The van der Waals surface area contributed by atoms with Crippen LogP contribution < -0.4 is 5.73 Å². The molecule has 1 rings (SSSR count). The Kier molecular flexibility index (Phi) is 3.15. The summed E-state index contributed by atoms with van der Waals surface area (Å²) in [6.07, 6.45) is -3.21. The first-order valence-corrected chi connectivity index (χ1v) is 4.16. The molecule has 0 saturated carbocycles. The van der Waals surface area contributed by atoms with Crippen molar-refractivity contribution in [1.82, 2.24) is 4.90 Å². The van der Waals surface area contributed by atoms with Gasteiger partial charge in [0.05, 0.1) is 6.54 Å². The SMILES string of the molecule is NC(=O)CN1CC=C(C(F)(F)F)CC1. The highest BCUT2D eigenvalue weighted by molar-refractivity contribution is 5.75. The van der Waals surface area contributed by atoms with Gasteiger partial charge in [0, 0.05) is 18.7 Å². The molecular formula is C8H11F3N2O. The van der Waals surface area contributed by atoms with Crippen molar-refractivity contribution in [2.24, 2.45) is 5.73 Å². The van der Waals surface area contributed by atoms with Crippen LogP contribution in [-0.4, -0.2) is 36.6 Å². The minimum absolute atomic E-state index is 0.0155. The number of nitrogens with zero attached hydrogens (tertiary/aromatic N) is 1. The number of carbonyl (C=O) groups excluding carboxylic acids is 1. The van der Waals surface area contributed by atoms with E-state index in [1.807, 2.05) is 0 Å². The molecule has 0 aromatic heterocycles. The van der Waals surface area contributed by atoms with E-state index in [-0.39, 0.29) is 26.1 Å². The Labute approximate surface area is 79.4 Å². The first kappa shape index (κ1) is 11.0. The summed E-state index contributed by atoms with van der Waals surface area (Å²) in [6.45, 7) is 0.383. The van der Waals surface area contributed by atoms with Gasteiger partial charge >= 0.3 is 6.18 Å². The summed E-state index contributed by atoms with van der Waals surface area (Å²) in [5, 5.41) is 0. The molecule has 14 heavy (non-hydrogen) atoms. The lowest BCUT2D eigenvalue weighted by atomic mass is 10.1. The fourth-order valence-corrected chi connectivity index (χ4v) is 1.33. The van der Waals surface area contributed by atoms with Gasteiger partial charge in [0.1, 0.15) is 0 Å². The van der Waals surface area contributed by atoms with Gasteiger partial charge in [-0.05, 0) is 6.42 Å². The Morgan fingerprint density at radius 1 is 1.57 bits per heavy atom. The standard InChI is InChI=1S/C8H11F3N2O/c9-8(10,11)6-1-3-13(4-2-6)5-7(12)14/h1H,2-5H2,(H2,12,14). The maximum absolute atomic E-state index is 12.2. The number of amides is 1. The summed E-state index contributed by atoms with van der Waals surface area (Å²) in [5.74, 6) is -0.520. The number of hydrogen-bond acceptors (Lipinski definition) is 2. The van der Waals surface area contributed by atoms with E-state index in [0.717, 1.165) is 6.08 Å². The van der Waals surface area contributed by atoms with Gasteiger partial charge in [-0.1, -0.05) is 6.08 Å². The molecule has 1 heterocycles. The van der Waals surface area contributed by atoms with Gasteiger partial charge in [0.15, 0.2) is 0 Å². The topological polar surface area (TPSA) is 46.3 Å². The van der Waals surface area contributed by atoms with Crippen LogP contribution in [0.5, 0.6) is 0 Å². The van der Waals surface area contributed by atoms with Crippen LogP contribution in [0.3, 0.4) is 0 Å². The Morgan fingerprint density at radius 3 is 2.57 bits per heavy atom.